The lowest BCUT2D eigenvalue weighted by atomic mass is 9.88. The van der Waals surface area contributed by atoms with Gasteiger partial charge >= 0.3 is 0 Å². The van der Waals surface area contributed by atoms with Crippen LogP contribution in [0, 0.1) is 11.2 Å². The number of halogens is 1. The molecule has 2 aromatic rings. The summed E-state index contributed by atoms with van der Waals surface area (Å²) in [6, 6.07) is 3.68. The Morgan fingerprint density at radius 2 is 2.04 bits per heavy atom. The molecule has 3 nitrogen and oxygen atoms in total. The summed E-state index contributed by atoms with van der Waals surface area (Å²) >= 11 is 0. The smallest absolute Gasteiger partial charge is 0.133 e. The topological polar surface area (TPSA) is 34.9 Å². The summed E-state index contributed by atoms with van der Waals surface area (Å²) in [4.78, 5) is 16.9. The maximum atomic E-state index is 13.9. The summed E-state index contributed by atoms with van der Waals surface area (Å²) in [6.07, 6.45) is 7.20. The van der Waals surface area contributed by atoms with Crippen molar-refractivity contribution in [2.75, 3.05) is 0 Å². The molecule has 0 radical (unpaired) electrons. The van der Waals surface area contributed by atoms with Gasteiger partial charge in [0.05, 0.1) is 11.0 Å². The first-order valence-electron chi connectivity index (χ1n) is 9.99. The highest BCUT2D eigenvalue weighted by atomic mass is 19.1. The minimum absolute atomic E-state index is 0.0454. The van der Waals surface area contributed by atoms with Crippen LogP contribution in [0.15, 0.2) is 12.1 Å². The van der Waals surface area contributed by atoms with E-state index in [9.17, 15) is 9.18 Å². The lowest BCUT2D eigenvalue weighted by Crippen LogP contribution is -2.20. The number of fused-ring (bicyclic) bond motifs is 1. The molecular weight excluding hydrogens is 327 g/mol. The van der Waals surface area contributed by atoms with Gasteiger partial charge in [-0.25, -0.2) is 9.37 Å². The Morgan fingerprint density at radius 3 is 2.62 bits per heavy atom. The standard InChI is InChI=1S/C22H31FN2O/c1-5-15-12-16(23)13-19-21(15)25(17-8-6-9-17)20(24-19)11-7-10-18(26)14-22(2,3)4/h12-13,17H,5-11,14H2,1-4H3. The second-order valence-electron chi connectivity index (χ2n) is 8.90. The Balaban J connectivity index is 1.82. The molecule has 1 aromatic carbocycles. The molecule has 4 heteroatoms. The normalized spacial score (nSPS) is 15.4. The number of hydrogen-bond donors (Lipinski definition) is 0. The predicted molar refractivity (Wildman–Crippen MR) is 104 cm³/mol. The molecule has 1 saturated carbocycles. The molecule has 1 fully saturated rings. The fourth-order valence-electron chi connectivity index (χ4n) is 3.93. The highest BCUT2D eigenvalue weighted by Crippen LogP contribution is 2.37. The Hall–Kier alpha value is -1.71. The molecule has 1 aromatic heterocycles. The number of carbonyl (C=O) groups excluding carboxylic acids is 1. The van der Waals surface area contributed by atoms with E-state index >= 15 is 0 Å². The van der Waals surface area contributed by atoms with Crippen molar-refractivity contribution in [2.45, 2.75) is 85.1 Å². The van der Waals surface area contributed by atoms with Gasteiger partial charge in [-0.15, -0.1) is 0 Å². The summed E-state index contributed by atoms with van der Waals surface area (Å²) < 4.78 is 16.3. The first-order chi connectivity index (χ1) is 12.3. The van der Waals surface area contributed by atoms with E-state index in [1.54, 1.807) is 12.1 Å². The van der Waals surface area contributed by atoms with E-state index in [4.69, 9.17) is 4.98 Å². The molecule has 0 spiro atoms. The molecule has 0 atom stereocenters. The van der Waals surface area contributed by atoms with Crippen molar-refractivity contribution in [1.82, 2.24) is 9.55 Å². The van der Waals surface area contributed by atoms with Gasteiger partial charge in [0.1, 0.15) is 17.4 Å². The van der Waals surface area contributed by atoms with Gasteiger partial charge < -0.3 is 4.57 Å². The number of nitrogens with zero attached hydrogens (tertiary/aromatic N) is 2. The van der Waals surface area contributed by atoms with Gasteiger partial charge in [-0.3, -0.25) is 4.79 Å². The molecule has 142 valence electrons. The number of carbonyl (C=O) groups is 1. The van der Waals surface area contributed by atoms with E-state index in [1.807, 2.05) is 0 Å². The average Bonchev–Trinajstić information content (AvgIpc) is 2.81. The number of imidazole rings is 1. The Kier molecular flexibility index (Phi) is 5.50. The zero-order valence-electron chi connectivity index (χ0n) is 16.6. The van der Waals surface area contributed by atoms with Gasteiger partial charge in [-0.2, -0.15) is 0 Å². The van der Waals surface area contributed by atoms with Crippen molar-refractivity contribution >= 4 is 16.8 Å². The van der Waals surface area contributed by atoms with Gasteiger partial charge in [-0.05, 0) is 49.1 Å². The molecule has 3 rings (SSSR count). The van der Waals surface area contributed by atoms with Crippen LogP contribution in [0.4, 0.5) is 4.39 Å². The molecule has 0 aliphatic heterocycles. The lowest BCUT2D eigenvalue weighted by Gasteiger charge is -2.30. The third-order valence-corrected chi connectivity index (χ3v) is 5.31. The Morgan fingerprint density at radius 1 is 1.31 bits per heavy atom. The molecule has 1 heterocycles. The van der Waals surface area contributed by atoms with E-state index in [1.165, 1.54) is 19.3 Å². The third-order valence-electron chi connectivity index (χ3n) is 5.31. The van der Waals surface area contributed by atoms with Crippen molar-refractivity contribution in [3.8, 4) is 0 Å². The SMILES string of the molecule is CCc1cc(F)cc2nc(CCCC(=O)CC(C)(C)C)n(C3CCC3)c12. The molecule has 0 N–H and O–H groups in total. The summed E-state index contributed by atoms with van der Waals surface area (Å²) in [5, 5.41) is 0. The fraction of sp³-hybridized carbons (Fsp3) is 0.636. The van der Waals surface area contributed by atoms with Crippen molar-refractivity contribution in [1.29, 1.82) is 0 Å². The highest BCUT2D eigenvalue weighted by Gasteiger charge is 2.26. The van der Waals surface area contributed by atoms with Crippen LogP contribution in [0.1, 0.15) is 83.6 Å². The molecule has 0 saturated heterocycles. The van der Waals surface area contributed by atoms with Crippen molar-refractivity contribution in [3.63, 3.8) is 0 Å². The molecule has 1 aliphatic rings. The van der Waals surface area contributed by atoms with Gasteiger partial charge in [0.25, 0.3) is 0 Å². The van der Waals surface area contributed by atoms with E-state index in [2.05, 4.69) is 32.3 Å². The van der Waals surface area contributed by atoms with Crippen LogP contribution in [-0.4, -0.2) is 15.3 Å². The quantitative estimate of drug-likeness (QED) is 0.628. The van der Waals surface area contributed by atoms with Crippen molar-refractivity contribution < 1.29 is 9.18 Å². The van der Waals surface area contributed by atoms with E-state index in [0.29, 0.717) is 24.7 Å². The largest absolute Gasteiger partial charge is 0.325 e. The first-order valence-corrected chi connectivity index (χ1v) is 9.99. The van der Waals surface area contributed by atoms with Crippen LogP contribution in [0.3, 0.4) is 0 Å². The highest BCUT2D eigenvalue weighted by molar-refractivity contribution is 5.80. The van der Waals surface area contributed by atoms with Crippen molar-refractivity contribution in [2.24, 2.45) is 5.41 Å². The van der Waals surface area contributed by atoms with Crippen LogP contribution in [0.5, 0.6) is 0 Å². The third kappa shape index (κ3) is 4.16. The Labute approximate surface area is 156 Å². The second kappa shape index (κ2) is 7.50. The van der Waals surface area contributed by atoms with Crippen LogP contribution in [-0.2, 0) is 17.6 Å². The van der Waals surface area contributed by atoms with Crippen LogP contribution >= 0.6 is 0 Å². The van der Waals surface area contributed by atoms with Gasteiger partial charge in [-0.1, -0.05) is 27.7 Å². The number of aryl methyl sites for hydroxylation is 2. The number of aromatic nitrogens is 2. The second-order valence-corrected chi connectivity index (χ2v) is 8.90. The molecular formula is C22H31FN2O. The molecule has 0 unspecified atom stereocenters. The predicted octanol–water partition coefficient (Wildman–Crippen LogP) is 5.79. The number of hydrogen-bond acceptors (Lipinski definition) is 2. The summed E-state index contributed by atoms with van der Waals surface area (Å²) in [6.45, 7) is 8.36. The van der Waals surface area contributed by atoms with Gasteiger partial charge in [0.15, 0.2) is 0 Å². The molecule has 0 amide bonds. The number of ketones is 1. The maximum Gasteiger partial charge on any atom is 0.133 e. The summed E-state index contributed by atoms with van der Waals surface area (Å²) in [5.41, 5.74) is 2.96. The average molecular weight is 359 g/mol. The van der Waals surface area contributed by atoms with Crippen molar-refractivity contribution in [3.05, 3.63) is 29.3 Å². The van der Waals surface area contributed by atoms with Gasteiger partial charge in [0.2, 0.25) is 0 Å². The van der Waals surface area contributed by atoms with E-state index in [0.717, 1.165) is 41.7 Å². The minimum Gasteiger partial charge on any atom is -0.325 e. The number of rotatable bonds is 7. The number of Topliss-reactive ketones (excluding diaryl/α,β-unsaturated/α-hetero) is 1. The fourth-order valence-corrected chi connectivity index (χ4v) is 3.93. The van der Waals surface area contributed by atoms with Gasteiger partial charge in [0, 0.05) is 31.4 Å². The Bertz CT molecular complexity index is 797. The van der Waals surface area contributed by atoms with Crippen LogP contribution in [0.2, 0.25) is 0 Å². The lowest BCUT2D eigenvalue weighted by molar-refractivity contribution is -0.120. The maximum absolute atomic E-state index is 13.9. The molecule has 0 bridgehead atoms. The van der Waals surface area contributed by atoms with E-state index < -0.39 is 0 Å². The van der Waals surface area contributed by atoms with Crippen LogP contribution < -0.4 is 0 Å². The zero-order chi connectivity index (χ0) is 18.9. The first kappa shape index (κ1) is 19.1. The summed E-state index contributed by atoms with van der Waals surface area (Å²) in [5.74, 6) is 1.14. The minimum atomic E-state index is -0.209. The molecule has 26 heavy (non-hydrogen) atoms. The van der Waals surface area contributed by atoms with Crippen LogP contribution in [0.25, 0.3) is 11.0 Å². The monoisotopic (exact) mass is 358 g/mol. The summed E-state index contributed by atoms with van der Waals surface area (Å²) in [7, 11) is 0. The van der Waals surface area contributed by atoms with E-state index in [-0.39, 0.29) is 11.2 Å². The zero-order valence-corrected chi connectivity index (χ0v) is 16.6. The molecule has 1 aliphatic carbocycles. The number of benzene rings is 1.